The lowest BCUT2D eigenvalue weighted by molar-refractivity contribution is -0.384. The van der Waals surface area contributed by atoms with Gasteiger partial charge in [0.15, 0.2) is 0 Å². The van der Waals surface area contributed by atoms with Crippen molar-refractivity contribution in [3.63, 3.8) is 0 Å². The fourth-order valence-corrected chi connectivity index (χ4v) is 1.96. The highest BCUT2D eigenvalue weighted by Crippen LogP contribution is 2.30. The molecule has 0 radical (unpaired) electrons. The topological polar surface area (TPSA) is 83.7 Å². The average molecular weight is 290 g/mol. The zero-order chi connectivity index (χ0) is 15.8. The lowest BCUT2D eigenvalue weighted by Gasteiger charge is -2.22. The number of carbonyl (C=O) groups is 1. The molecule has 0 fully saturated rings. The number of hydrogen-bond donors (Lipinski definition) is 1. The van der Waals surface area contributed by atoms with Crippen LogP contribution in [0.4, 0.5) is 11.4 Å². The zero-order valence-corrected chi connectivity index (χ0v) is 11.9. The normalized spacial score (nSPS) is 10.5. The Balaban J connectivity index is 3.22. The molecular weight excluding hydrogens is 272 g/mol. The summed E-state index contributed by atoms with van der Waals surface area (Å²) in [5.41, 5.74) is 0.940. The summed E-state index contributed by atoms with van der Waals surface area (Å²) in [6, 6.07) is 4.67. The van der Waals surface area contributed by atoms with Gasteiger partial charge in [-0.2, -0.15) is 0 Å². The molecule has 6 heteroatoms. The maximum absolute atomic E-state index is 11.2. The molecule has 0 spiro atoms. The van der Waals surface area contributed by atoms with Gasteiger partial charge in [0, 0.05) is 25.2 Å². The van der Waals surface area contributed by atoms with Crippen molar-refractivity contribution in [1.29, 1.82) is 0 Å². The largest absolute Gasteiger partial charge is 0.478 e. The van der Waals surface area contributed by atoms with E-state index in [0.29, 0.717) is 24.3 Å². The second-order valence-electron chi connectivity index (χ2n) is 4.41. The van der Waals surface area contributed by atoms with Crippen LogP contribution in [0.2, 0.25) is 0 Å². The van der Waals surface area contributed by atoms with Gasteiger partial charge in [0.1, 0.15) is 5.69 Å². The molecule has 0 heterocycles. The number of carboxylic acid groups (broad SMARTS) is 1. The number of nitrogens with zero attached hydrogens (tertiary/aromatic N) is 2. The lowest BCUT2D eigenvalue weighted by atomic mass is 10.1. The summed E-state index contributed by atoms with van der Waals surface area (Å²) in [4.78, 5) is 23.1. The molecule has 0 saturated carbocycles. The van der Waals surface area contributed by atoms with Crippen LogP contribution in [-0.4, -0.2) is 29.1 Å². The Labute approximate surface area is 123 Å². The van der Waals surface area contributed by atoms with E-state index in [9.17, 15) is 14.9 Å². The van der Waals surface area contributed by atoms with Crippen LogP contribution < -0.4 is 4.90 Å². The minimum absolute atomic E-state index is 0.0437. The summed E-state index contributed by atoms with van der Waals surface area (Å²) in [5, 5.41) is 19.8. The number of benzene rings is 1. The van der Waals surface area contributed by atoms with E-state index in [0.717, 1.165) is 12.5 Å². The summed E-state index contributed by atoms with van der Waals surface area (Å²) in [6.07, 6.45) is 4.83. The van der Waals surface area contributed by atoms with Crippen molar-refractivity contribution in [3.05, 3.63) is 52.6 Å². The number of aliphatic carboxylic acids is 1. The van der Waals surface area contributed by atoms with E-state index in [1.54, 1.807) is 18.2 Å². The quantitative estimate of drug-likeness (QED) is 0.344. The van der Waals surface area contributed by atoms with Crippen LogP contribution >= 0.6 is 0 Å². The second kappa shape index (κ2) is 7.84. The maximum atomic E-state index is 11.2. The first kappa shape index (κ1) is 16.4. The van der Waals surface area contributed by atoms with Crippen molar-refractivity contribution < 1.29 is 14.8 Å². The standard InChI is InChI=1S/C15H18N2O4/c1-3-9-16(10-4-2)13-7-5-12(6-8-15(18)19)11-14(13)17(20)21/h3,5-8,11H,1,4,9-10H2,2H3,(H,18,19)/b8-6+. The Hall–Kier alpha value is -2.63. The van der Waals surface area contributed by atoms with Gasteiger partial charge in [-0.15, -0.1) is 6.58 Å². The summed E-state index contributed by atoms with van der Waals surface area (Å²) in [6.45, 7) is 6.84. The number of nitro benzene ring substituents is 1. The van der Waals surface area contributed by atoms with E-state index < -0.39 is 10.9 Å². The minimum atomic E-state index is -1.10. The number of anilines is 1. The molecule has 0 saturated heterocycles. The highest BCUT2D eigenvalue weighted by atomic mass is 16.6. The van der Waals surface area contributed by atoms with E-state index in [4.69, 9.17) is 5.11 Å². The van der Waals surface area contributed by atoms with Gasteiger partial charge in [-0.1, -0.05) is 19.1 Å². The lowest BCUT2D eigenvalue weighted by Crippen LogP contribution is -2.24. The van der Waals surface area contributed by atoms with Crippen LogP contribution in [0.15, 0.2) is 36.9 Å². The van der Waals surface area contributed by atoms with Crippen molar-refractivity contribution in [2.75, 3.05) is 18.0 Å². The summed E-state index contributed by atoms with van der Waals surface area (Å²) in [5.74, 6) is -1.10. The Bertz CT molecular complexity index is 567. The molecule has 0 amide bonds. The van der Waals surface area contributed by atoms with Gasteiger partial charge in [0.2, 0.25) is 0 Å². The molecule has 1 rings (SSSR count). The van der Waals surface area contributed by atoms with Gasteiger partial charge < -0.3 is 10.0 Å². The molecule has 0 atom stereocenters. The van der Waals surface area contributed by atoms with Gasteiger partial charge in [0.25, 0.3) is 5.69 Å². The Morgan fingerprint density at radius 3 is 2.76 bits per heavy atom. The predicted molar refractivity (Wildman–Crippen MR) is 82.5 cm³/mol. The van der Waals surface area contributed by atoms with E-state index in [1.165, 1.54) is 12.1 Å². The van der Waals surface area contributed by atoms with Crippen LogP contribution in [0.5, 0.6) is 0 Å². The smallest absolute Gasteiger partial charge is 0.328 e. The molecule has 0 aliphatic heterocycles. The fourth-order valence-electron chi connectivity index (χ4n) is 1.96. The molecule has 0 bridgehead atoms. The van der Waals surface area contributed by atoms with Crippen molar-refractivity contribution in [2.45, 2.75) is 13.3 Å². The van der Waals surface area contributed by atoms with E-state index in [1.807, 2.05) is 11.8 Å². The summed E-state index contributed by atoms with van der Waals surface area (Å²) in [7, 11) is 0. The molecule has 0 aliphatic carbocycles. The average Bonchev–Trinajstić information content (AvgIpc) is 2.44. The van der Waals surface area contributed by atoms with E-state index in [-0.39, 0.29) is 5.69 Å². The zero-order valence-electron chi connectivity index (χ0n) is 11.9. The fraction of sp³-hybridized carbons (Fsp3) is 0.267. The van der Waals surface area contributed by atoms with Crippen molar-refractivity contribution >= 4 is 23.4 Å². The van der Waals surface area contributed by atoms with Gasteiger partial charge in [0.05, 0.1) is 4.92 Å². The van der Waals surface area contributed by atoms with Crippen LogP contribution in [-0.2, 0) is 4.79 Å². The van der Waals surface area contributed by atoms with Gasteiger partial charge in [-0.05, 0) is 24.1 Å². The van der Waals surface area contributed by atoms with Crippen LogP contribution in [0.3, 0.4) is 0 Å². The molecule has 6 nitrogen and oxygen atoms in total. The third kappa shape index (κ3) is 4.76. The highest BCUT2D eigenvalue weighted by Gasteiger charge is 2.18. The molecule has 0 unspecified atom stereocenters. The predicted octanol–water partition coefficient (Wildman–Crippen LogP) is 3.10. The van der Waals surface area contributed by atoms with E-state index >= 15 is 0 Å². The monoisotopic (exact) mass is 290 g/mol. The van der Waals surface area contributed by atoms with Crippen LogP contribution in [0.1, 0.15) is 18.9 Å². The first-order valence-electron chi connectivity index (χ1n) is 6.54. The van der Waals surface area contributed by atoms with Crippen LogP contribution in [0, 0.1) is 10.1 Å². The first-order chi connectivity index (χ1) is 9.99. The number of nitro groups is 1. The van der Waals surface area contributed by atoms with Gasteiger partial charge in [-0.3, -0.25) is 10.1 Å². The van der Waals surface area contributed by atoms with Gasteiger partial charge in [-0.25, -0.2) is 4.79 Å². The molecule has 1 aromatic carbocycles. The Morgan fingerprint density at radius 2 is 2.24 bits per heavy atom. The molecular formula is C15H18N2O4. The molecule has 0 aliphatic rings. The van der Waals surface area contributed by atoms with E-state index in [2.05, 4.69) is 6.58 Å². The van der Waals surface area contributed by atoms with Gasteiger partial charge >= 0.3 is 5.97 Å². The molecule has 0 aromatic heterocycles. The summed E-state index contributed by atoms with van der Waals surface area (Å²) >= 11 is 0. The summed E-state index contributed by atoms with van der Waals surface area (Å²) < 4.78 is 0. The SMILES string of the molecule is C=CCN(CCC)c1ccc(/C=C/C(=O)O)cc1[N+](=O)[O-]. The molecule has 1 aromatic rings. The highest BCUT2D eigenvalue weighted by molar-refractivity contribution is 5.85. The van der Waals surface area contributed by atoms with Crippen molar-refractivity contribution in [1.82, 2.24) is 0 Å². The number of hydrogen-bond acceptors (Lipinski definition) is 4. The molecule has 112 valence electrons. The molecule has 21 heavy (non-hydrogen) atoms. The first-order valence-corrected chi connectivity index (χ1v) is 6.54. The van der Waals surface area contributed by atoms with Crippen molar-refractivity contribution in [2.24, 2.45) is 0 Å². The van der Waals surface area contributed by atoms with Crippen LogP contribution in [0.25, 0.3) is 6.08 Å². The Kier molecular flexibility index (Phi) is 6.13. The Morgan fingerprint density at radius 1 is 1.52 bits per heavy atom. The minimum Gasteiger partial charge on any atom is -0.478 e. The number of carboxylic acids is 1. The maximum Gasteiger partial charge on any atom is 0.328 e. The third-order valence-corrected chi connectivity index (χ3v) is 2.80. The second-order valence-corrected chi connectivity index (χ2v) is 4.41. The van der Waals surface area contributed by atoms with Crippen molar-refractivity contribution in [3.8, 4) is 0 Å². The third-order valence-electron chi connectivity index (χ3n) is 2.80. The number of rotatable bonds is 8. The molecule has 1 N–H and O–H groups in total.